The zero-order chi connectivity index (χ0) is 18.7. The van der Waals surface area contributed by atoms with Crippen molar-refractivity contribution in [1.82, 2.24) is 4.90 Å². The summed E-state index contributed by atoms with van der Waals surface area (Å²) >= 11 is 0. The minimum absolute atomic E-state index is 0.0924. The Morgan fingerprint density at radius 3 is 2.68 bits per heavy atom. The molecular formula is C20H35NO4. The molecule has 0 aliphatic carbocycles. The first kappa shape index (κ1) is 21.7. The minimum atomic E-state index is -0.745. The van der Waals surface area contributed by atoms with Gasteiger partial charge in [-0.1, -0.05) is 51.7 Å². The highest BCUT2D eigenvalue weighted by Crippen LogP contribution is 2.23. The average molecular weight is 354 g/mol. The van der Waals surface area contributed by atoms with Crippen LogP contribution in [0.3, 0.4) is 0 Å². The Morgan fingerprint density at radius 2 is 2.00 bits per heavy atom. The van der Waals surface area contributed by atoms with Gasteiger partial charge in [0.15, 0.2) is 0 Å². The van der Waals surface area contributed by atoms with Crippen LogP contribution in [0.25, 0.3) is 0 Å². The second-order valence-electron chi connectivity index (χ2n) is 7.34. The fraction of sp³-hybridized carbons (Fsp3) is 0.800. The SMILES string of the molecule is CCCCCC(O)/C=C/C1CCC(=O)N1CC(C)CCCCC(=O)O. The van der Waals surface area contributed by atoms with Crippen molar-refractivity contribution >= 4 is 11.9 Å². The number of amides is 1. The van der Waals surface area contributed by atoms with Crippen molar-refractivity contribution in [1.29, 1.82) is 0 Å². The molecular weight excluding hydrogens is 318 g/mol. The summed E-state index contributed by atoms with van der Waals surface area (Å²) in [6.45, 7) is 4.98. The number of hydrogen-bond acceptors (Lipinski definition) is 3. The van der Waals surface area contributed by atoms with Gasteiger partial charge in [-0.2, -0.15) is 0 Å². The number of hydrogen-bond donors (Lipinski definition) is 2. The topological polar surface area (TPSA) is 77.8 Å². The third-order valence-electron chi connectivity index (χ3n) is 4.88. The van der Waals surface area contributed by atoms with E-state index in [1.807, 2.05) is 17.1 Å². The number of likely N-dealkylation sites (tertiary alicyclic amines) is 1. The number of aliphatic carboxylic acids is 1. The van der Waals surface area contributed by atoms with E-state index in [4.69, 9.17) is 5.11 Å². The number of carbonyl (C=O) groups is 2. The van der Waals surface area contributed by atoms with E-state index in [9.17, 15) is 14.7 Å². The predicted octanol–water partition coefficient (Wildman–Crippen LogP) is 3.76. The number of nitrogens with zero attached hydrogens (tertiary/aromatic N) is 1. The van der Waals surface area contributed by atoms with Gasteiger partial charge < -0.3 is 15.1 Å². The van der Waals surface area contributed by atoms with Crippen molar-refractivity contribution in [3.05, 3.63) is 12.2 Å². The molecule has 0 aromatic rings. The molecule has 1 amide bonds. The fourth-order valence-electron chi connectivity index (χ4n) is 3.35. The molecule has 0 saturated carbocycles. The molecule has 0 radical (unpaired) electrons. The molecule has 0 aromatic heterocycles. The summed E-state index contributed by atoms with van der Waals surface area (Å²) in [5.74, 6) is -0.196. The van der Waals surface area contributed by atoms with E-state index in [0.29, 0.717) is 25.3 Å². The molecule has 1 fully saturated rings. The molecule has 25 heavy (non-hydrogen) atoms. The van der Waals surface area contributed by atoms with Gasteiger partial charge in [-0.3, -0.25) is 9.59 Å². The molecule has 3 unspecified atom stereocenters. The Morgan fingerprint density at radius 1 is 1.28 bits per heavy atom. The standard InChI is InChI=1S/C20H35NO4/c1-3-4-5-9-18(22)13-11-17-12-14-19(23)21(17)15-16(2)8-6-7-10-20(24)25/h11,13,16-18,22H,3-10,12,14-15H2,1-2H3,(H,24,25)/b13-11+. The van der Waals surface area contributed by atoms with Gasteiger partial charge in [0.25, 0.3) is 0 Å². The van der Waals surface area contributed by atoms with Gasteiger partial charge in [0.1, 0.15) is 0 Å². The van der Waals surface area contributed by atoms with E-state index in [0.717, 1.165) is 44.9 Å². The largest absolute Gasteiger partial charge is 0.481 e. The van der Waals surface area contributed by atoms with Crippen molar-refractivity contribution in [3.8, 4) is 0 Å². The number of aliphatic hydroxyl groups is 1. The monoisotopic (exact) mass is 353 g/mol. The summed E-state index contributed by atoms with van der Waals surface area (Å²) in [6.07, 6.45) is 11.7. The second kappa shape index (κ2) is 12.1. The molecule has 1 rings (SSSR count). The van der Waals surface area contributed by atoms with E-state index in [1.54, 1.807) is 0 Å². The van der Waals surface area contributed by atoms with Crippen LogP contribution in [0.15, 0.2) is 12.2 Å². The Kier molecular flexibility index (Phi) is 10.5. The van der Waals surface area contributed by atoms with Crippen LogP contribution in [0.2, 0.25) is 0 Å². The van der Waals surface area contributed by atoms with Gasteiger partial charge in [-0.05, 0) is 31.6 Å². The summed E-state index contributed by atoms with van der Waals surface area (Å²) in [4.78, 5) is 24.6. The maximum absolute atomic E-state index is 12.1. The number of carboxylic acid groups (broad SMARTS) is 1. The van der Waals surface area contributed by atoms with Crippen LogP contribution in [0.4, 0.5) is 0 Å². The molecule has 1 aliphatic rings. The number of carboxylic acids is 1. The van der Waals surface area contributed by atoms with Crippen LogP contribution in [-0.4, -0.2) is 45.7 Å². The third kappa shape index (κ3) is 9.05. The first-order valence-electron chi connectivity index (χ1n) is 9.81. The Hall–Kier alpha value is -1.36. The van der Waals surface area contributed by atoms with Crippen molar-refractivity contribution in [2.24, 2.45) is 5.92 Å². The Labute approximate surface area is 152 Å². The molecule has 3 atom stereocenters. The molecule has 1 saturated heterocycles. The quantitative estimate of drug-likeness (QED) is 0.390. The zero-order valence-electron chi connectivity index (χ0n) is 15.8. The van der Waals surface area contributed by atoms with E-state index in [-0.39, 0.29) is 18.4 Å². The summed E-state index contributed by atoms with van der Waals surface area (Å²) < 4.78 is 0. The van der Waals surface area contributed by atoms with Crippen LogP contribution in [0.5, 0.6) is 0 Å². The molecule has 144 valence electrons. The van der Waals surface area contributed by atoms with Crippen molar-refractivity contribution < 1.29 is 19.8 Å². The van der Waals surface area contributed by atoms with Crippen molar-refractivity contribution in [3.63, 3.8) is 0 Å². The van der Waals surface area contributed by atoms with Gasteiger partial charge in [-0.15, -0.1) is 0 Å². The number of rotatable bonds is 13. The lowest BCUT2D eigenvalue weighted by atomic mass is 10.0. The normalized spacial score (nSPS) is 20.4. The molecule has 2 N–H and O–H groups in total. The molecule has 5 nitrogen and oxygen atoms in total. The van der Waals surface area contributed by atoms with E-state index >= 15 is 0 Å². The zero-order valence-corrected chi connectivity index (χ0v) is 15.8. The van der Waals surface area contributed by atoms with Crippen LogP contribution in [-0.2, 0) is 9.59 Å². The van der Waals surface area contributed by atoms with Crippen LogP contribution >= 0.6 is 0 Å². The van der Waals surface area contributed by atoms with E-state index in [2.05, 4.69) is 13.8 Å². The maximum atomic E-state index is 12.1. The first-order valence-corrected chi connectivity index (χ1v) is 9.81. The highest BCUT2D eigenvalue weighted by Gasteiger charge is 2.29. The summed E-state index contributed by atoms with van der Waals surface area (Å²) in [5.41, 5.74) is 0. The first-order chi connectivity index (χ1) is 11.9. The molecule has 0 spiro atoms. The van der Waals surface area contributed by atoms with Gasteiger partial charge in [-0.25, -0.2) is 0 Å². The summed E-state index contributed by atoms with van der Waals surface area (Å²) in [7, 11) is 0. The fourth-order valence-corrected chi connectivity index (χ4v) is 3.35. The lowest BCUT2D eigenvalue weighted by Gasteiger charge is -2.26. The smallest absolute Gasteiger partial charge is 0.303 e. The molecule has 1 aliphatic heterocycles. The molecule has 1 heterocycles. The molecule has 5 heteroatoms. The average Bonchev–Trinajstić information content (AvgIpc) is 2.90. The number of carbonyl (C=O) groups excluding carboxylic acids is 1. The van der Waals surface area contributed by atoms with Crippen LogP contribution in [0, 0.1) is 5.92 Å². The summed E-state index contributed by atoms with van der Waals surface area (Å²) in [6, 6.07) is 0.0924. The van der Waals surface area contributed by atoms with Gasteiger partial charge in [0, 0.05) is 19.4 Å². The van der Waals surface area contributed by atoms with Gasteiger partial charge >= 0.3 is 5.97 Å². The number of aliphatic hydroxyl groups excluding tert-OH is 1. The molecule has 0 aromatic carbocycles. The second-order valence-corrected chi connectivity index (χ2v) is 7.34. The van der Waals surface area contributed by atoms with Crippen LogP contribution in [0.1, 0.15) is 78.1 Å². The van der Waals surface area contributed by atoms with Crippen LogP contribution < -0.4 is 0 Å². The number of unbranched alkanes of at least 4 members (excludes halogenated alkanes) is 3. The minimum Gasteiger partial charge on any atom is -0.481 e. The predicted molar refractivity (Wildman–Crippen MR) is 99.3 cm³/mol. The van der Waals surface area contributed by atoms with Crippen molar-refractivity contribution in [2.75, 3.05) is 6.54 Å². The maximum Gasteiger partial charge on any atom is 0.303 e. The van der Waals surface area contributed by atoms with Crippen molar-refractivity contribution in [2.45, 2.75) is 90.2 Å². The third-order valence-corrected chi connectivity index (χ3v) is 4.88. The lowest BCUT2D eigenvalue weighted by Crippen LogP contribution is -2.35. The molecule has 0 bridgehead atoms. The summed E-state index contributed by atoms with van der Waals surface area (Å²) in [5, 5.41) is 18.7. The van der Waals surface area contributed by atoms with Gasteiger partial charge in [0.05, 0.1) is 12.1 Å². The highest BCUT2D eigenvalue weighted by molar-refractivity contribution is 5.79. The Bertz CT molecular complexity index is 435. The lowest BCUT2D eigenvalue weighted by molar-refractivity contribution is -0.137. The van der Waals surface area contributed by atoms with E-state index < -0.39 is 12.1 Å². The van der Waals surface area contributed by atoms with E-state index in [1.165, 1.54) is 0 Å². The Balaban J connectivity index is 2.39. The highest BCUT2D eigenvalue weighted by atomic mass is 16.4. The van der Waals surface area contributed by atoms with Gasteiger partial charge in [0.2, 0.25) is 5.91 Å².